The average molecular weight is 286 g/mol. The van der Waals surface area contributed by atoms with Crippen LogP contribution in [0.5, 0.6) is 0 Å². The topological polar surface area (TPSA) is 72.9 Å². The van der Waals surface area contributed by atoms with Crippen molar-refractivity contribution < 1.29 is 19.5 Å². The highest BCUT2D eigenvalue weighted by Gasteiger charge is 2.04. The fourth-order valence-corrected chi connectivity index (χ4v) is 1.98. The number of rotatable bonds is 6. The van der Waals surface area contributed by atoms with E-state index in [0.717, 1.165) is 30.6 Å². The number of nitrogens with zero attached hydrogens (tertiary/aromatic N) is 4. The molecule has 2 N–H and O–H groups in total. The van der Waals surface area contributed by atoms with Crippen LogP contribution in [0, 0.1) is 0 Å². The molecule has 0 spiro atoms. The van der Waals surface area contributed by atoms with Gasteiger partial charge in [-0.05, 0) is 0 Å². The van der Waals surface area contributed by atoms with Gasteiger partial charge in [0, 0.05) is 35.4 Å². The molecule has 0 aliphatic carbocycles. The van der Waals surface area contributed by atoms with Crippen LogP contribution >= 0.6 is 0 Å². The molecule has 2 rings (SSSR count). The third kappa shape index (κ3) is 4.68. The number of pyridine rings is 2. The molecule has 108 valence electrons. The monoisotopic (exact) mass is 286 g/mol. The van der Waals surface area contributed by atoms with Crippen LogP contribution in [-0.4, -0.2) is 22.8 Å². The Bertz CT molecular complexity index is 551. The Morgan fingerprint density at radius 3 is 1.48 bits per heavy atom. The van der Waals surface area contributed by atoms with Crippen molar-refractivity contribution in [2.75, 3.05) is 0 Å². The van der Waals surface area contributed by atoms with Crippen LogP contribution in [0.4, 0.5) is 0 Å². The third-order valence-corrected chi connectivity index (χ3v) is 3.08. The first kappa shape index (κ1) is 14.6. The van der Waals surface area contributed by atoms with E-state index in [2.05, 4.69) is 19.4 Å². The van der Waals surface area contributed by atoms with Gasteiger partial charge >= 0.3 is 0 Å². The summed E-state index contributed by atoms with van der Waals surface area (Å²) >= 11 is 0. The molecule has 0 aliphatic rings. The van der Waals surface area contributed by atoms with Gasteiger partial charge in [-0.15, -0.1) is 0 Å². The van der Waals surface area contributed by atoms with E-state index in [1.165, 1.54) is 12.4 Å². The minimum atomic E-state index is 0.865. The van der Waals surface area contributed by atoms with Gasteiger partial charge in [-0.1, -0.05) is 10.3 Å². The standard InChI is InChI=1S/C15H16N4O2/c20-16-12-14-2-8-18(9-3-14)6-1-7-19-10-4-15(5-11-19)13-17-21/h2-5,8-13H,1,6-7H2/p+2. The van der Waals surface area contributed by atoms with E-state index in [9.17, 15) is 0 Å². The Hall–Kier alpha value is -2.76. The van der Waals surface area contributed by atoms with Gasteiger partial charge in [0.15, 0.2) is 37.9 Å². The molecule has 2 aromatic rings. The molecule has 0 bridgehead atoms. The highest BCUT2D eigenvalue weighted by molar-refractivity contribution is 5.78. The molecule has 2 heterocycles. The van der Waals surface area contributed by atoms with Crippen LogP contribution in [0.1, 0.15) is 17.5 Å². The zero-order valence-corrected chi connectivity index (χ0v) is 11.6. The van der Waals surface area contributed by atoms with Gasteiger partial charge in [0.1, 0.15) is 0 Å². The lowest BCUT2D eigenvalue weighted by Crippen LogP contribution is -2.38. The fraction of sp³-hybridized carbons (Fsp3) is 0.200. The van der Waals surface area contributed by atoms with Crippen molar-refractivity contribution in [3.8, 4) is 0 Å². The summed E-state index contributed by atoms with van der Waals surface area (Å²) in [4.78, 5) is 0. The molecule has 0 atom stereocenters. The smallest absolute Gasteiger partial charge is 0.169 e. The Kier molecular flexibility index (Phi) is 5.40. The van der Waals surface area contributed by atoms with E-state index in [4.69, 9.17) is 10.4 Å². The first-order valence-electron chi connectivity index (χ1n) is 6.65. The number of oxime groups is 2. The summed E-state index contributed by atoms with van der Waals surface area (Å²) in [7, 11) is 0. The summed E-state index contributed by atoms with van der Waals surface area (Å²) in [5.74, 6) is 0. The van der Waals surface area contributed by atoms with Gasteiger partial charge in [0.05, 0.1) is 18.9 Å². The second-order valence-corrected chi connectivity index (χ2v) is 4.58. The Labute approximate surface area is 122 Å². The van der Waals surface area contributed by atoms with Crippen LogP contribution < -0.4 is 9.13 Å². The first-order valence-corrected chi connectivity index (χ1v) is 6.65. The maximum Gasteiger partial charge on any atom is 0.169 e. The maximum absolute atomic E-state index is 8.45. The minimum absolute atomic E-state index is 0.865. The molecule has 0 amide bonds. The Balaban J connectivity index is 1.83. The van der Waals surface area contributed by atoms with Gasteiger partial charge in [-0.2, -0.15) is 0 Å². The van der Waals surface area contributed by atoms with Gasteiger partial charge in [-0.25, -0.2) is 9.13 Å². The summed E-state index contributed by atoms with van der Waals surface area (Å²) in [5, 5.41) is 22.9. The fourth-order valence-electron chi connectivity index (χ4n) is 1.98. The van der Waals surface area contributed by atoms with E-state index in [-0.39, 0.29) is 0 Å². The number of aromatic nitrogens is 2. The lowest BCUT2D eigenvalue weighted by Gasteiger charge is -1.97. The zero-order valence-electron chi connectivity index (χ0n) is 11.6. The van der Waals surface area contributed by atoms with Crippen molar-refractivity contribution in [2.24, 2.45) is 10.3 Å². The summed E-state index contributed by atoms with van der Waals surface area (Å²) in [6.07, 6.45) is 11.6. The van der Waals surface area contributed by atoms with Crippen molar-refractivity contribution in [2.45, 2.75) is 19.5 Å². The van der Waals surface area contributed by atoms with Crippen LogP contribution in [0.25, 0.3) is 0 Å². The quantitative estimate of drug-likeness (QED) is 0.359. The van der Waals surface area contributed by atoms with E-state index < -0.39 is 0 Å². The molecule has 0 fully saturated rings. The highest BCUT2D eigenvalue weighted by atomic mass is 16.4. The molecule has 0 radical (unpaired) electrons. The molecule has 21 heavy (non-hydrogen) atoms. The minimum Gasteiger partial charge on any atom is -0.411 e. The third-order valence-electron chi connectivity index (χ3n) is 3.08. The first-order chi connectivity index (χ1) is 10.3. The molecule has 2 aromatic heterocycles. The van der Waals surface area contributed by atoms with E-state index in [0.29, 0.717) is 0 Å². The molecule has 0 saturated heterocycles. The molecule has 6 nitrogen and oxygen atoms in total. The second kappa shape index (κ2) is 7.74. The molecular formula is C15H18N4O2+2. The Morgan fingerprint density at radius 1 is 0.762 bits per heavy atom. The highest BCUT2D eigenvalue weighted by Crippen LogP contribution is 1.92. The molecular weight excluding hydrogens is 268 g/mol. The normalized spacial score (nSPS) is 11.4. The molecule has 0 aliphatic heterocycles. The SMILES string of the molecule is ON=Cc1cc[n+](CCC[n+]2ccc(/C=N/O)cc2)cc1. The van der Waals surface area contributed by atoms with Crippen LogP contribution in [-0.2, 0) is 13.1 Å². The lowest BCUT2D eigenvalue weighted by atomic mass is 10.3. The van der Waals surface area contributed by atoms with Crippen molar-refractivity contribution in [1.29, 1.82) is 0 Å². The predicted molar refractivity (Wildman–Crippen MR) is 76.7 cm³/mol. The maximum atomic E-state index is 8.45. The van der Waals surface area contributed by atoms with E-state index in [1.54, 1.807) is 0 Å². The number of hydrogen-bond acceptors (Lipinski definition) is 4. The number of hydrogen-bond donors (Lipinski definition) is 2. The van der Waals surface area contributed by atoms with Gasteiger partial charge in [0.2, 0.25) is 0 Å². The van der Waals surface area contributed by atoms with E-state index in [1.807, 2.05) is 49.1 Å². The molecule has 6 heteroatoms. The van der Waals surface area contributed by atoms with Gasteiger partial charge in [0.25, 0.3) is 0 Å². The Morgan fingerprint density at radius 2 is 1.14 bits per heavy atom. The van der Waals surface area contributed by atoms with Crippen molar-refractivity contribution in [3.05, 3.63) is 60.2 Å². The summed E-state index contributed by atoms with van der Waals surface area (Å²) in [6.45, 7) is 1.81. The second-order valence-electron chi connectivity index (χ2n) is 4.58. The largest absolute Gasteiger partial charge is 0.411 e. The van der Waals surface area contributed by atoms with Crippen molar-refractivity contribution in [1.82, 2.24) is 0 Å². The predicted octanol–water partition coefficient (Wildman–Crippen LogP) is 0.968. The van der Waals surface area contributed by atoms with Crippen LogP contribution in [0.2, 0.25) is 0 Å². The number of aryl methyl sites for hydroxylation is 2. The van der Waals surface area contributed by atoms with Crippen LogP contribution in [0.15, 0.2) is 59.4 Å². The van der Waals surface area contributed by atoms with Gasteiger partial charge < -0.3 is 10.4 Å². The summed E-state index contributed by atoms with van der Waals surface area (Å²) in [5.41, 5.74) is 1.73. The average Bonchev–Trinajstić information content (AvgIpc) is 2.51. The molecule has 0 saturated carbocycles. The van der Waals surface area contributed by atoms with E-state index >= 15 is 0 Å². The van der Waals surface area contributed by atoms with Crippen molar-refractivity contribution >= 4 is 12.4 Å². The molecule has 0 aromatic carbocycles. The molecule has 0 unspecified atom stereocenters. The van der Waals surface area contributed by atoms with Crippen molar-refractivity contribution in [3.63, 3.8) is 0 Å². The zero-order chi connectivity index (χ0) is 14.9. The lowest BCUT2D eigenvalue weighted by molar-refractivity contribution is -0.726. The summed E-state index contributed by atoms with van der Waals surface area (Å²) in [6, 6.07) is 7.59. The van der Waals surface area contributed by atoms with Gasteiger partial charge in [-0.3, -0.25) is 0 Å². The van der Waals surface area contributed by atoms with Crippen LogP contribution in [0.3, 0.4) is 0 Å². The summed E-state index contributed by atoms with van der Waals surface area (Å²) < 4.78 is 4.17.